The highest BCUT2D eigenvalue weighted by atomic mass is 16.5. The normalized spacial score (nSPS) is 11.8. The number of nitrogens with zero attached hydrogens (tertiary/aromatic N) is 3. The summed E-state index contributed by atoms with van der Waals surface area (Å²) in [7, 11) is 0. The van der Waals surface area contributed by atoms with E-state index in [4.69, 9.17) is 4.74 Å². The maximum Gasteiger partial charge on any atom is 0.219 e. The number of rotatable bonds is 11. The summed E-state index contributed by atoms with van der Waals surface area (Å²) in [4.78, 5) is 24.6. The topological polar surface area (TPSA) is 85.2 Å². The van der Waals surface area contributed by atoms with Gasteiger partial charge in [-0.1, -0.05) is 19.1 Å². The molecule has 0 bridgehead atoms. The van der Waals surface area contributed by atoms with Gasteiger partial charge in [-0.3, -0.25) is 4.79 Å². The molecule has 0 aliphatic rings. The Morgan fingerprint density at radius 3 is 2.39 bits per heavy atom. The van der Waals surface area contributed by atoms with Crippen LogP contribution in [0.2, 0.25) is 0 Å². The van der Waals surface area contributed by atoms with E-state index in [0.717, 1.165) is 54.6 Å². The van der Waals surface area contributed by atoms with Crippen LogP contribution < -0.4 is 4.74 Å². The van der Waals surface area contributed by atoms with E-state index in [1.54, 1.807) is 6.20 Å². The molecule has 0 unspecified atom stereocenters. The second-order valence-electron chi connectivity index (χ2n) is 7.61. The van der Waals surface area contributed by atoms with E-state index < -0.39 is 6.10 Å². The Morgan fingerprint density at radius 2 is 1.71 bits per heavy atom. The number of aliphatic hydroxyl groups is 1. The third-order valence-corrected chi connectivity index (χ3v) is 5.10. The summed E-state index contributed by atoms with van der Waals surface area (Å²) in [5.41, 5.74) is 3.39. The summed E-state index contributed by atoms with van der Waals surface area (Å²) in [6, 6.07) is 11.7. The first-order valence-corrected chi connectivity index (χ1v) is 10.8. The van der Waals surface area contributed by atoms with Gasteiger partial charge < -0.3 is 9.84 Å². The molecule has 0 saturated heterocycles. The molecule has 1 N–H and O–H groups in total. The Hall–Kier alpha value is -3.12. The number of aliphatic hydroxyl groups excluding tert-OH is 1. The van der Waals surface area contributed by atoms with Crippen LogP contribution >= 0.6 is 0 Å². The molecule has 0 amide bonds. The third-order valence-electron chi connectivity index (χ3n) is 5.10. The highest BCUT2D eigenvalue weighted by molar-refractivity contribution is 5.82. The molecule has 6 nitrogen and oxygen atoms in total. The van der Waals surface area contributed by atoms with Crippen LogP contribution in [0.15, 0.2) is 55.0 Å². The SMILES string of the molecule is CCc1cnc(CCc2ccnc(Oc3ccc(CCCC(=O)[C@@H](C)O)cc3)c2)nc1. The van der Waals surface area contributed by atoms with E-state index in [1.807, 2.05) is 48.8 Å². The average Bonchev–Trinajstić information content (AvgIpc) is 2.79. The largest absolute Gasteiger partial charge is 0.439 e. The molecule has 2 aromatic heterocycles. The molecular weight excluding hydrogens is 390 g/mol. The lowest BCUT2D eigenvalue weighted by Crippen LogP contribution is -2.15. The van der Waals surface area contributed by atoms with Crippen LogP contribution in [0.25, 0.3) is 0 Å². The second-order valence-corrected chi connectivity index (χ2v) is 7.61. The van der Waals surface area contributed by atoms with E-state index in [-0.39, 0.29) is 5.78 Å². The summed E-state index contributed by atoms with van der Waals surface area (Å²) in [6.45, 7) is 3.60. The standard InChI is InChI=1S/C25H29N3O3/c1-3-19-16-27-24(28-17-19)12-9-21-13-14-26-25(15-21)31-22-10-7-20(8-11-22)5-4-6-23(30)18(2)29/h7-8,10-11,13-18,29H,3-6,9,12H2,1-2H3/t18-/m1/s1. The number of ketones is 1. The van der Waals surface area contributed by atoms with Crippen LogP contribution in [0.1, 0.15) is 49.2 Å². The average molecular weight is 420 g/mol. The molecule has 0 saturated carbocycles. The molecule has 0 radical (unpaired) electrons. The van der Waals surface area contributed by atoms with Gasteiger partial charge in [-0.25, -0.2) is 15.0 Å². The number of aryl methyl sites for hydroxylation is 4. The van der Waals surface area contributed by atoms with Gasteiger partial charge in [0.1, 0.15) is 17.7 Å². The number of carbonyl (C=O) groups excluding carboxylic acids is 1. The van der Waals surface area contributed by atoms with Crippen molar-refractivity contribution < 1.29 is 14.6 Å². The predicted molar refractivity (Wildman–Crippen MR) is 119 cm³/mol. The van der Waals surface area contributed by atoms with Crippen molar-refractivity contribution in [2.75, 3.05) is 0 Å². The van der Waals surface area contributed by atoms with Crippen molar-refractivity contribution >= 4 is 5.78 Å². The number of aromatic nitrogens is 3. The molecule has 3 rings (SSSR count). The highest BCUT2D eigenvalue weighted by Crippen LogP contribution is 2.21. The van der Waals surface area contributed by atoms with Gasteiger partial charge in [0, 0.05) is 37.5 Å². The zero-order valence-electron chi connectivity index (χ0n) is 18.1. The summed E-state index contributed by atoms with van der Waals surface area (Å²) in [5, 5.41) is 9.25. The quantitative estimate of drug-likeness (QED) is 0.499. The third kappa shape index (κ3) is 7.26. The van der Waals surface area contributed by atoms with Gasteiger partial charge in [-0.15, -0.1) is 0 Å². The van der Waals surface area contributed by atoms with E-state index in [2.05, 4.69) is 21.9 Å². The number of ether oxygens (including phenoxy) is 1. The molecule has 0 aliphatic heterocycles. The van der Waals surface area contributed by atoms with Crippen molar-refractivity contribution in [1.82, 2.24) is 15.0 Å². The molecular formula is C25H29N3O3. The highest BCUT2D eigenvalue weighted by Gasteiger charge is 2.08. The van der Waals surface area contributed by atoms with Crippen LogP contribution in [0.5, 0.6) is 11.6 Å². The second kappa shape index (κ2) is 11.3. The monoisotopic (exact) mass is 419 g/mol. The van der Waals surface area contributed by atoms with Crippen LogP contribution in [-0.2, 0) is 30.5 Å². The van der Waals surface area contributed by atoms with Crippen LogP contribution in [-0.4, -0.2) is 31.9 Å². The van der Waals surface area contributed by atoms with Crippen LogP contribution in [0, 0.1) is 0 Å². The summed E-state index contributed by atoms with van der Waals surface area (Å²) >= 11 is 0. The van der Waals surface area contributed by atoms with Crippen LogP contribution in [0.4, 0.5) is 0 Å². The van der Waals surface area contributed by atoms with E-state index in [9.17, 15) is 9.90 Å². The zero-order valence-corrected chi connectivity index (χ0v) is 18.1. The molecule has 6 heteroatoms. The lowest BCUT2D eigenvalue weighted by Gasteiger charge is -2.08. The van der Waals surface area contributed by atoms with E-state index >= 15 is 0 Å². The Kier molecular flexibility index (Phi) is 8.24. The molecule has 0 fully saturated rings. The van der Waals surface area contributed by atoms with Crippen LogP contribution in [0.3, 0.4) is 0 Å². The van der Waals surface area contributed by atoms with E-state index in [0.29, 0.717) is 18.1 Å². The van der Waals surface area contributed by atoms with E-state index in [1.165, 1.54) is 6.92 Å². The minimum absolute atomic E-state index is 0.115. The minimum atomic E-state index is -0.881. The van der Waals surface area contributed by atoms with Crippen molar-refractivity contribution in [2.45, 2.75) is 58.5 Å². The fourth-order valence-corrected chi connectivity index (χ4v) is 3.13. The van der Waals surface area contributed by atoms with Gasteiger partial charge in [0.2, 0.25) is 5.88 Å². The predicted octanol–water partition coefficient (Wildman–Crippen LogP) is 4.28. The zero-order chi connectivity index (χ0) is 22.1. The number of pyridine rings is 1. The van der Waals surface area contributed by atoms with Gasteiger partial charge in [0.15, 0.2) is 5.78 Å². The van der Waals surface area contributed by atoms with Gasteiger partial charge in [0.25, 0.3) is 0 Å². The van der Waals surface area contributed by atoms with Gasteiger partial charge in [-0.2, -0.15) is 0 Å². The summed E-state index contributed by atoms with van der Waals surface area (Å²) in [6.07, 6.45) is 9.05. The van der Waals surface area contributed by atoms with Gasteiger partial charge in [-0.05, 0) is 67.5 Å². The Morgan fingerprint density at radius 1 is 0.968 bits per heavy atom. The Balaban J connectivity index is 1.51. The maximum atomic E-state index is 11.5. The molecule has 1 aromatic carbocycles. The van der Waals surface area contributed by atoms with Crippen molar-refractivity contribution in [3.63, 3.8) is 0 Å². The lowest BCUT2D eigenvalue weighted by molar-refractivity contribution is -0.126. The molecule has 0 spiro atoms. The first-order valence-electron chi connectivity index (χ1n) is 10.8. The van der Waals surface area contributed by atoms with Gasteiger partial charge in [0.05, 0.1) is 0 Å². The van der Waals surface area contributed by atoms with Gasteiger partial charge >= 0.3 is 0 Å². The van der Waals surface area contributed by atoms with Crippen molar-refractivity contribution in [1.29, 1.82) is 0 Å². The van der Waals surface area contributed by atoms with Crippen molar-refractivity contribution in [2.24, 2.45) is 0 Å². The van der Waals surface area contributed by atoms with Crippen molar-refractivity contribution in [3.8, 4) is 11.6 Å². The smallest absolute Gasteiger partial charge is 0.219 e. The lowest BCUT2D eigenvalue weighted by atomic mass is 10.0. The summed E-state index contributed by atoms with van der Waals surface area (Å²) < 4.78 is 5.90. The number of hydrogen-bond donors (Lipinski definition) is 1. The molecule has 1 atom stereocenters. The first-order chi connectivity index (χ1) is 15.0. The minimum Gasteiger partial charge on any atom is -0.439 e. The van der Waals surface area contributed by atoms with Crippen molar-refractivity contribution in [3.05, 3.63) is 77.5 Å². The fraction of sp³-hybridized carbons (Fsp3) is 0.360. The number of hydrogen-bond acceptors (Lipinski definition) is 6. The Labute approximate surface area is 183 Å². The number of benzene rings is 1. The fourth-order valence-electron chi connectivity index (χ4n) is 3.13. The molecule has 3 aromatic rings. The Bertz CT molecular complexity index is 970. The molecule has 31 heavy (non-hydrogen) atoms. The maximum absolute atomic E-state index is 11.5. The first kappa shape index (κ1) is 22.6. The molecule has 162 valence electrons. The summed E-state index contributed by atoms with van der Waals surface area (Å²) in [5.74, 6) is 1.99. The number of Topliss-reactive ketones (excluding diaryl/α,β-unsaturated/α-hetero) is 1. The molecule has 0 aliphatic carbocycles. The number of carbonyl (C=O) groups is 1. The molecule has 2 heterocycles.